The number of carbonyl (C=O) groups excluding carboxylic acids is 1. The zero-order valence-electron chi connectivity index (χ0n) is 12.1. The molecule has 0 saturated carbocycles. The van der Waals surface area contributed by atoms with E-state index in [2.05, 4.69) is 22.0 Å². The molecule has 0 aliphatic carbocycles. The Morgan fingerprint density at radius 3 is 2.76 bits per heavy atom. The second-order valence-corrected chi connectivity index (χ2v) is 5.75. The highest BCUT2D eigenvalue weighted by atomic mass is 32.1. The Morgan fingerprint density at radius 1 is 1.52 bits per heavy atom. The number of piperazine rings is 1. The first-order valence-electron chi connectivity index (χ1n) is 7.06. The fourth-order valence-corrected chi connectivity index (χ4v) is 3.10. The molecule has 2 heterocycles. The van der Waals surface area contributed by atoms with Crippen LogP contribution in [0, 0.1) is 0 Å². The van der Waals surface area contributed by atoms with Crippen LogP contribution in [0.3, 0.4) is 0 Å². The quantitative estimate of drug-likeness (QED) is 0.363. The Morgan fingerprint density at radius 2 is 2.24 bits per heavy atom. The Labute approximate surface area is 128 Å². The third-order valence-electron chi connectivity index (χ3n) is 3.71. The molecule has 1 aliphatic rings. The van der Waals surface area contributed by atoms with Crippen LogP contribution in [0.15, 0.2) is 16.0 Å². The molecule has 1 unspecified atom stereocenters. The second-order valence-electron chi connectivity index (χ2n) is 5.03. The van der Waals surface area contributed by atoms with Gasteiger partial charge in [-0.25, -0.2) is 4.98 Å². The van der Waals surface area contributed by atoms with Crippen molar-refractivity contribution in [2.45, 2.75) is 25.8 Å². The molecule has 7 nitrogen and oxygen atoms in total. The van der Waals surface area contributed by atoms with E-state index in [1.54, 1.807) is 15.8 Å². The highest BCUT2D eigenvalue weighted by Gasteiger charge is 2.28. The number of hydrogen-bond donors (Lipinski definition) is 2. The number of oxime groups is 1. The van der Waals surface area contributed by atoms with E-state index in [1.165, 1.54) is 11.3 Å². The molecule has 8 heteroatoms. The number of rotatable bonds is 5. The molecule has 21 heavy (non-hydrogen) atoms. The molecule has 0 spiro atoms. The van der Waals surface area contributed by atoms with Gasteiger partial charge in [0.05, 0.1) is 11.6 Å². The summed E-state index contributed by atoms with van der Waals surface area (Å²) in [6.07, 6.45) is 1.80. The summed E-state index contributed by atoms with van der Waals surface area (Å²) in [4.78, 5) is 20.3. The molecule has 1 aromatic heterocycles. The van der Waals surface area contributed by atoms with Crippen LogP contribution in [0.1, 0.15) is 30.3 Å². The molecule has 116 valence electrons. The molecule has 0 radical (unpaired) electrons. The molecule has 1 saturated heterocycles. The summed E-state index contributed by atoms with van der Waals surface area (Å²) in [6, 6.07) is -0.0588. The van der Waals surface area contributed by atoms with E-state index < -0.39 is 0 Å². The smallest absolute Gasteiger partial charge is 0.273 e. The molecule has 1 atom stereocenters. The molecular formula is C13H21N5O2S. The lowest BCUT2D eigenvalue weighted by Gasteiger charge is -2.38. The highest BCUT2D eigenvalue weighted by Crippen LogP contribution is 2.14. The lowest BCUT2D eigenvalue weighted by Crippen LogP contribution is -2.55. The molecule has 1 aromatic rings. The van der Waals surface area contributed by atoms with Gasteiger partial charge >= 0.3 is 0 Å². The summed E-state index contributed by atoms with van der Waals surface area (Å²) in [7, 11) is 0. The number of carbonyl (C=O) groups is 1. The van der Waals surface area contributed by atoms with E-state index in [9.17, 15) is 4.79 Å². The van der Waals surface area contributed by atoms with Crippen LogP contribution < -0.4 is 5.73 Å². The van der Waals surface area contributed by atoms with Gasteiger partial charge in [-0.1, -0.05) is 18.5 Å². The normalized spacial score (nSPS) is 18.7. The van der Waals surface area contributed by atoms with Gasteiger partial charge in [-0.05, 0) is 6.42 Å². The van der Waals surface area contributed by atoms with Crippen molar-refractivity contribution in [3.8, 4) is 0 Å². The first-order chi connectivity index (χ1) is 10.2. The number of hydrogen-bond acceptors (Lipinski definition) is 6. The van der Waals surface area contributed by atoms with Gasteiger partial charge in [-0.3, -0.25) is 9.69 Å². The van der Waals surface area contributed by atoms with Crippen LogP contribution in [-0.4, -0.2) is 64.0 Å². The number of thiazole rings is 1. The van der Waals surface area contributed by atoms with Gasteiger partial charge in [0.2, 0.25) is 0 Å². The van der Waals surface area contributed by atoms with Crippen molar-refractivity contribution in [1.29, 1.82) is 0 Å². The molecule has 0 aromatic carbocycles. The number of nitrogens with two attached hydrogens (primary N) is 1. The van der Waals surface area contributed by atoms with Gasteiger partial charge in [0.1, 0.15) is 5.69 Å². The Hall–Kier alpha value is -1.67. The maximum absolute atomic E-state index is 12.2. The third kappa shape index (κ3) is 3.70. The molecule has 0 bridgehead atoms. The third-order valence-corrected chi connectivity index (χ3v) is 4.30. The van der Waals surface area contributed by atoms with Crippen LogP contribution in [0.4, 0.5) is 0 Å². The summed E-state index contributed by atoms with van der Waals surface area (Å²) in [5.41, 5.74) is 7.95. The first kappa shape index (κ1) is 15.7. The van der Waals surface area contributed by atoms with Crippen LogP contribution in [0.25, 0.3) is 0 Å². The van der Waals surface area contributed by atoms with Crippen LogP contribution in [0.5, 0.6) is 0 Å². The van der Waals surface area contributed by atoms with Crippen molar-refractivity contribution in [1.82, 2.24) is 14.8 Å². The standard InChI is InChI=1S/C13H21N5O2S/c1-2-3-11(12(14)16-20)17-4-6-18(7-5-17)13(19)10-8-21-9-15-10/h8-9,11,20H,2-7H2,1H3,(H2,14,16). The minimum atomic E-state index is -0.0588. The van der Waals surface area contributed by atoms with E-state index in [0.717, 1.165) is 25.9 Å². The molecule has 3 N–H and O–H groups in total. The predicted molar refractivity (Wildman–Crippen MR) is 81.7 cm³/mol. The van der Waals surface area contributed by atoms with Gasteiger partial charge < -0.3 is 15.8 Å². The van der Waals surface area contributed by atoms with Crippen molar-refractivity contribution in [2.24, 2.45) is 10.9 Å². The minimum absolute atomic E-state index is 0.0215. The zero-order chi connectivity index (χ0) is 15.2. The van der Waals surface area contributed by atoms with Crippen molar-refractivity contribution in [2.75, 3.05) is 26.2 Å². The average Bonchev–Trinajstić information content (AvgIpc) is 3.06. The second kappa shape index (κ2) is 7.37. The minimum Gasteiger partial charge on any atom is -0.409 e. The molecular weight excluding hydrogens is 290 g/mol. The van der Waals surface area contributed by atoms with Gasteiger partial charge in [-0.15, -0.1) is 11.3 Å². The van der Waals surface area contributed by atoms with Gasteiger partial charge in [0.15, 0.2) is 5.84 Å². The van der Waals surface area contributed by atoms with E-state index in [0.29, 0.717) is 18.8 Å². The van der Waals surface area contributed by atoms with Gasteiger partial charge in [0.25, 0.3) is 5.91 Å². The highest BCUT2D eigenvalue weighted by molar-refractivity contribution is 7.07. The van der Waals surface area contributed by atoms with Crippen molar-refractivity contribution in [3.05, 3.63) is 16.6 Å². The number of amidine groups is 1. The summed E-state index contributed by atoms with van der Waals surface area (Å²) >= 11 is 1.42. The number of amides is 1. The molecule has 2 rings (SSSR count). The van der Waals surface area contributed by atoms with E-state index in [1.807, 2.05) is 0 Å². The molecule has 1 fully saturated rings. The number of aromatic nitrogens is 1. The van der Waals surface area contributed by atoms with Gasteiger partial charge in [0, 0.05) is 31.6 Å². The summed E-state index contributed by atoms with van der Waals surface area (Å²) in [6.45, 7) is 4.78. The SMILES string of the molecule is CCCC(C(N)=NO)N1CCN(C(=O)c2cscn2)CC1. The maximum atomic E-state index is 12.2. The molecule has 1 amide bonds. The van der Waals surface area contributed by atoms with Crippen LogP contribution in [0.2, 0.25) is 0 Å². The topological polar surface area (TPSA) is 95.0 Å². The summed E-state index contributed by atoms with van der Waals surface area (Å²) in [5.74, 6) is 0.225. The van der Waals surface area contributed by atoms with E-state index >= 15 is 0 Å². The Kier molecular flexibility index (Phi) is 5.51. The fraction of sp³-hybridized carbons (Fsp3) is 0.615. The zero-order valence-corrected chi connectivity index (χ0v) is 12.9. The monoisotopic (exact) mass is 311 g/mol. The first-order valence-corrected chi connectivity index (χ1v) is 8.00. The van der Waals surface area contributed by atoms with Crippen LogP contribution >= 0.6 is 11.3 Å². The maximum Gasteiger partial charge on any atom is 0.273 e. The van der Waals surface area contributed by atoms with Crippen molar-refractivity contribution >= 4 is 23.1 Å². The summed E-state index contributed by atoms with van der Waals surface area (Å²) < 4.78 is 0. The Balaban J connectivity index is 1.94. The Bertz CT molecular complexity index is 483. The van der Waals surface area contributed by atoms with E-state index in [4.69, 9.17) is 10.9 Å². The lowest BCUT2D eigenvalue weighted by atomic mass is 10.1. The molecule has 1 aliphatic heterocycles. The fourth-order valence-electron chi connectivity index (χ4n) is 2.57. The van der Waals surface area contributed by atoms with Crippen molar-refractivity contribution in [3.63, 3.8) is 0 Å². The van der Waals surface area contributed by atoms with Crippen LogP contribution in [-0.2, 0) is 0 Å². The largest absolute Gasteiger partial charge is 0.409 e. The van der Waals surface area contributed by atoms with E-state index in [-0.39, 0.29) is 17.8 Å². The average molecular weight is 311 g/mol. The predicted octanol–water partition coefficient (Wildman–Crippen LogP) is 0.816. The van der Waals surface area contributed by atoms with Gasteiger partial charge in [-0.2, -0.15) is 0 Å². The number of nitrogens with zero attached hydrogens (tertiary/aromatic N) is 4. The summed E-state index contributed by atoms with van der Waals surface area (Å²) in [5, 5.41) is 13.8. The van der Waals surface area contributed by atoms with Crippen molar-refractivity contribution < 1.29 is 10.0 Å². The lowest BCUT2D eigenvalue weighted by molar-refractivity contribution is 0.0600.